The van der Waals surface area contributed by atoms with Crippen LogP contribution in [0.25, 0.3) is 0 Å². The fraction of sp³-hybridized carbons (Fsp3) is 0.300. The molecular weight excluding hydrogens is 335 g/mol. The molecular formula is C20H21FN2O3. The number of ether oxygens (including phenoxy) is 1. The second-order valence-electron chi connectivity index (χ2n) is 6.20. The predicted octanol–water partition coefficient (Wildman–Crippen LogP) is 2.69. The van der Waals surface area contributed by atoms with Crippen LogP contribution in [0.15, 0.2) is 48.5 Å². The Bertz CT molecular complexity index is 775. The van der Waals surface area contributed by atoms with E-state index >= 15 is 0 Å². The summed E-state index contributed by atoms with van der Waals surface area (Å²) in [4.78, 5) is 26.1. The first-order valence-electron chi connectivity index (χ1n) is 8.62. The summed E-state index contributed by atoms with van der Waals surface area (Å²) in [6, 6.07) is 12.9. The van der Waals surface area contributed by atoms with E-state index in [0.29, 0.717) is 13.2 Å². The van der Waals surface area contributed by atoms with Crippen molar-refractivity contribution in [2.45, 2.75) is 25.8 Å². The molecule has 3 rings (SSSR count). The van der Waals surface area contributed by atoms with E-state index in [0.717, 1.165) is 17.0 Å². The molecule has 6 heteroatoms. The molecule has 26 heavy (non-hydrogen) atoms. The number of hydrogen-bond acceptors (Lipinski definition) is 3. The predicted molar refractivity (Wildman–Crippen MR) is 96.6 cm³/mol. The molecule has 1 heterocycles. The number of halogens is 1. The van der Waals surface area contributed by atoms with Crippen LogP contribution in [0, 0.1) is 5.82 Å². The number of rotatable bonds is 6. The summed E-state index contributed by atoms with van der Waals surface area (Å²) in [5.41, 5.74) is 1.52. The number of carbonyl (C=O) groups excluding carboxylic acids is 2. The molecule has 0 aromatic heterocycles. The number of benzene rings is 2. The monoisotopic (exact) mass is 356 g/mol. The van der Waals surface area contributed by atoms with Crippen molar-refractivity contribution in [1.82, 2.24) is 5.32 Å². The molecule has 0 aliphatic carbocycles. The number of hydrogen-bond donors (Lipinski definition) is 1. The van der Waals surface area contributed by atoms with Crippen LogP contribution in [-0.4, -0.2) is 31.0 Å². The third kappa shape index (κ3) is 4.39. The third-order valence-corrected chi connectivity index (χ3v) is 4.23. The Hall–Kier alpha value is -2.89. The minimum atomic E-state index is -0.332. The highest BCUT2D eigenvalue weighted by Gasteiger charge is 2.31. The van der Waals surface area contributed by atoms with Crippen molar-refractivity contribution in [2.75, 3.05) is 18.1 Å². The second kappa shape index (κ2) is 7.99. The number of amides is 2. The fourth-order valence-corrected chi connectivity index (χ4v) is 3.01. The van der Waals surface area contributed by atoms with Crippen LogP contribution in [0.3, 0.4) is 0 Å². The maximum atomic E-state index is 12.9. The summed E-state index contributed by atoms with van der Waals surface area (Å²) in [7, 11) is 0. The largest absolute Gasteiger partial charge is 0.494 e. The summed E-state index contributed by atoms with van der Waals surface area (Å²) in [5, 5.41) is 2.88. The highest BCUT2D eigenvalue weighted by atomic mass is 19.1. The Balaban J connectivity index is 1.56. The van der Waals surface area contributed by atoms with Crippen LogP contribution >= 0.6 is 0 Å². The molecule has 2 aromatic rings. The van der Waals surface area contributed by atoms with E-state index in [9.17, 15) is 14.0 Å². The molecule has 136 valence electrons. The minimum absolute atomic E-state index is 0.0266. The van der Waals surface area contributed by atoms with Crippen molar-refractivity contribution in [2.24, 2.45) is 0 Å². The first-order chi connectivity index (χ1) is 12.5. The molecule has 0 unspecified atom stereocenters. The van der Waals surface area contributed by atoms with Gasteiger partial charge in [0.2, 0.25) is 11.8 Å². The van der Waals surface area contributed by atoms with E-state index in [1.807, 2.05) is 31.2 Å². The highest BCUT2D eigenvalue weighted by molar-refractivity contribution is 5.97. The molecule has 1 saturated heterocycles. The van der Waals surface area contributed by atoms with Crippen molar-refractivity contribution in [3.05, 3.63) is 59.9 Å². The number of anilines is 1. The lowest BCUT2D eigenvalue weighted by molar-refractivity contribution is -0.121. The second-order valence-corrected chi connectivity index (χ2v) is 6.20. The van der Waals surface area contributed by atoms with Gasteiger partial charge in [0.1, 0.15) is 11.6 Å². The molecule has 1 N–H and O–H groups in total. The molecule has 1 atom stereocenters. The Morgan fingerprint density at radius 2 is 1.88 bits per heavy atom. The van der Waals surface area contributed by atoms with Gasteiger partial charge in [-0.3, -0.25) is 9.59 Å². The van der Waals surface area contributed by atoms with Crippen molar-refractivity contribution in [3.63, 3.8) is 0 Å². The Morgan fingerprint density at radius 3 is 2.54 bits per heavy atom. The van der Waals surface area contributed by atoms with E-state index in [1.165, 1.54) is 12.1 Å². The Labute approximate surface area is 151 Å². The molecule has 0 radical (unpaired) electrons. The normalized spacial score (nSPS) is 16.6. The number of nitrogens with zero attached hydrogens (tertiary/aromatic N) is 1. The van der Waals surface area contributed by atoms with Crippen molar-refractivity contribution in [3.8, 4) is 5.75 Å². The molecule has 5 nitrogen and oxygen atoms in total. The van der Waals surface area contributed by atoms with Gasteiger partial charge < -0.3 is 15.0 Å². The lowest BCUT2D eigenvalue weighted by Crippen LogP contribution is -2.38. The van der Waals surface area contributed by atoms with E-state index in [-0.39, 0.29) is 36.5 Å². The molecule has 2 amide bonds. The van der Waals surface area contributed by atoms with Gasteiger partial charge >= 0.3 is 0 Å². The zero-order valence-corrected chi connectivity index (χ0v) is 14.6. The van der Waals surface area contributed by atoms with Crippen LogP contribution in [0.5, 0.6) is 5.75 Å². The quantitative estimate of drug-likeness (QED) is 0.866. The zero-order valence-electron chi connectivity index (χ0n) is 14.6. The molecule has 1 aliphatic rings. The summed E-state index contributed by atoms with van der Waals surface area (Å²) >= 11 is 0. The summed E-state index contributed by atoms with van der Waals surface area (Å²) in [5.74, 6) is 0.220. The van der Waals surface area contributed by atoms with Crippen LogP contribution in [0.4, 0.5) is 10.1 Å². The SMILES string of the molecule is CCOc1ccc(N2C[C@@H](NC(=O)Cc3ccc(F)cc3)CC2=O)cc1. The van der Waals surface area contributed by atoms with E-state index in [1.54, 1.807) is 17.0 Å². The molecule has 0 bridgehead atoms. The van der Waals surface area contributed by atoms with Crippen molar-refractivity contribution >= 4 is 17.5 Å². The van der Waals surface area contributed by atoms with Gasteiger partial charge in [-0.15, -0.1) is 0 Å². The van der Waals surface area contributed by atoms with Gasteiger partial charge in [-0.25, -0.2) is 4.39 Å². The highest BCUT2D eigenvalue weighted by Crippen LogP contribution is 2.24. The van der Waals surface area contributed by atoms with Gasteiger partial charge in [0.05, 0.1) is 19.1 Å². The fourth-order valence-electron chi connectivity index (χ4n) is 3.01. The van der Waals surface area contributed by atoms with Gasteiger partial charge in [0.15, 0.2) is 0 Å². The summed E-state index contributed by atoms with van der Waals surface area (Å²) < 4.78 is 18.3. The van der Waals surface area contributed by atoms with Crippen LogP contribution in [0.2, 0.25) is 0 Å². The average molecular weight is 356 g/mol. The summed E-state index contributed by atoms with van der Waals surface area (Å²) in [6.07, 6.45) is 0.427. The standard InChI is InChI=1S/C20H21FN2O3/c1-2-26-18-9-7-17(8-10-18)23-13-16(12-20(23)25)22-19(24)11-14-3-5-15(21)6-4-14/h3-10,16H,2,11-13H2,1H3,(H,22,24)/t16-/m0/s1. The topological polar surface area (TPSA) is 58.6 Å². The Kier molecular flexibility index (Phi) is 5.51. The molecule has 2 aromatic carbocycles. The average Bonchev–Trinajstić information content (AvgIpc) is 2.98. The number of nitrogens with one attached hydrogen (secondary N) is 1. The van der Waals surface area contributed by atoms with Crippen LogP contribution in [-0.2, 0) is 16.0 Å². The smallest absolute Gasteiger partial charge is 0.229 e. The van der Waals surface area contributed by atoms with E-state index < -0.39 is 0 Å². The first-order valence-corrected chi connectivity index (χ1v) is 8.62. The van der Waals surface area contributed by atoms with Gasteiger partial charge in [-0.2, -0.15) is 0 Å². The molecule has 0 spiro atoms. The van der Waals surface area contributed by atoms with E-state index in [4.69, 9.17) is 4.74 Å². The lowest BCUT2D eigenvalue weighted by atomic mass is 10.1. The van der Waals surface area contributed by atoms with E-state index in [2.05, 4.69) is 5.32 Å². The maximum Gasteiger partial charge on any atom is 0.229 e. The zero-order chi connectivity index (χ0) is 18.5. The number of carbonyl (C=O) groups is 2. The third-order valence-electron chi connectivity index (χ3n) is 4.23. The van der Waals surface area contributed by atoms with Crippen molar-refractivity contribution < 1.29 is 18.7 Å². The van der Waals surface area contributed by atoms with Crippen molar-refractivity contribution in [1.29, 1.82) is 0 Å². The van der Waals surface area contributed by atoms with Gasteiger partial charge in [-0.05, 0) is 48.9 Å². The molecule has 1 aliphatic heterocycles. The van der Waals surface area contributed by atoms with Crippen LogP contribution in [0.1, 0.15) is 18.9 Å². The van der Waals surface area contributed by atoms with Gasteiger partial charge in [0.25, 0.3) is 0 Å². The molecule has 1 fully saturated rings. The van der Waals surface area contributed by atoms with Gasteiger partial charge in [-0.1, -0.05) is 12.1 Å². The lowest BCUT2D eigenvalue weighted by Gasteiger charge is -2.17. The Morgan fingerprint density at radius 1 is 1.19 bits per heavy atom. The summed E-state index contributed by atoms with van der Waals surface area (Å²) in [6.45, 7) is 2.93. The first kappa shape index (κ1) is 17.9. The van der Waals surface area contributed by atoms with Gasteiger partial charge in [0, 0.05) is 18.7 Å². The van der Waals surface area contributed by atoms with Crippen LogP contribution < -0.4 is 15.0 Å². The maximum absolute atomic E-state index is 12.9. The molecule has 0 saturated carbocycles. The minimum Gasteiger partial charge on any atom is -0.494 e.